The van der Waals surface area contributed by atoms with Gasteiger partial charge in [-0.2, -0.15) is 0 Å². The van der Waals surface area contributed by atoms with Gasteiger partial charge >= 0.3 is 0 Å². The van der Waals surface area contributed by atoms with Gasteiger partial charge in [0.25, 0.3) is 0 Å². The monoisotopic (exact) mass is 283 g/mol. The molecule has 2 aromatic rings. The summed E-state index contributed by atoms with van der Waals surface area (Å²) in [6, 6.07) is 17.5. The van der Waals surface area contributed by atoms with E-state index in [0.717, 1.165) is 21.6 Å². The van der Waals surface area contributed by atoms with E-state index >= 15 is 0 Å². The van der Waals surface area contributed by atoms with E-state index in [4.69, 9.17) is 4.74 Å². The molecule has 2 rings (SSSR count). The van der Waals surface area contributed by atoms with Crippen LogP contribution in [0.25, 0.3) is 0 Å². The molecule has 0 bridgehead atoms. The van der Waals surface area contributed by atoms with Crippen LogP contribution in [0.1, 0.15) is 25.0 Å². The molecule has 0 N–H and O–H groups in total. The molecule has 0 atom stereocenters. The lowest BCUT2D eigenvalue weighted by Gasteiger charge is -2.24. The number of hydroxylamine groups is 1. The molecule has 0 amide bonds. The van der Waals surface area contributed by atoms with Crippen molar-refractivity contribution < 1.29 is 9.48 Å². The minimum atomic E-state index is -0.499. The van der Waals surface area contributed by atoms with Crippen LogP contribution >= 0.6 is 0 Å². The molecule has 0 fully saturated rings. The van der Waals surface area contributed by atoms with Crippen molar-refractivity contribution >= 4 is 6.21 Å². The van der Waals surface area contributed by atoms with Crippen molar-refractivity contribution in [3.05, 3.63) is 70.9 Å². The second-order valence-corrected chi connectivity index (χ2v) is 5.70. The van der Waals surface area contributed by atoms with E-state index in [1.807, 2.05) is 68.4 Å². The van der Waals surface area contributed by atoms with E-state index in [0.29, 0.717) is 6.42 Å². The molecule has 3 heteroatoms. The normalized spacial score (nSPS) is 12.2. The second kappa shape index (κ2) is 6.44. The predicted molar refractivity (Wildman–Crippen MR) is 86.0 cm³/mol. The number of methoxy groups -OCH3 is 1. The zero-order valence-electron chi connectivity index (χ0n) is 12.7. The van der Waals surface area contributed by atoms with Gasteiger partial charge in [0.15, 0.2) is 11.8 Å². The van der Waals surface area contributed by atoms with Crippen LogP contribution in [0.5, 0.6) is 5.75 Å². The SMILES string of the molecule is COc1ccc(/C=[N+](/[O-])C(C)(C)Cc2ccccc2)cc1. The van der Waals surface area contributed by atoms with Gasteiger partial charge in [-0.15, -0.1) is 0 Å². The lowest BCUT2D eigenvalue weighted by Crippen LogP contribution is -2.35. The van der Waals surface area contributed by atoms with Crippen molar-refractivity contribution in [2.45, 2.75) is 25.8 Å². The maximum atomic E-state index is 12.4. The minimum absolute atomic E-state index is 0.499. The van der Waals surface area contributed by atoms with Gasteiger partial charge in [0.05, 0.1) is 7.11 Å². The first-order valence-corrected chi connectivity index (χ1v) is 7.00. The molecule has 0 radical (unpaired) electrons. The van der Waals surface area contributed by atoms with Crippen molar-refractivity contribution in [3.8, 4) is 5.75 Å². The molecule has 0 heterocycles. The quantitative estimate of drug-likeness (QED) is 0.363. The summed E-state index contributed by atoms with van der Waals surface area (Å²) in [6.45, 7) is 3.90. The fourth-order valence-corrected chi connectivity index (χ4v) is 2.17. The summed E-state index contributed by atoms with van der Waals surface area (Å²) >= 11 is 0. The standard InChI is InChI=1S/C18H21NO2/c1-18(2,13-15-7-5-4-6-8-15)19(20)14-16-9-11-17(21-3)12-10-16/h4-12,14H,13H2,1-3H3/b19-14+. The van der Waals surface area contributed by atoms with E-state index < -0.39 is 5.54 Å². The Morgan fingerprint density at radius 3 is 2.24 bits per heavy atom. The Bertz CT molecular complexity index is 601. The molecule has 110 valence electrons. The molecular formula is C18H21NO2. The topological polar surface area (TPSA) is 35.3 Å². The number of nitrogens with zero attached hydrogens (tertiary/aromatic N) is 1. The third-order valence-electron chi connectivity index (χ3n) is 3.46. The number of benzene rings is 2. The van der Waals surface area contributed by atoms with Crippen LogP contribution in [0, 0.1) is 5.21 Å². The molecule has 2 aromatic carbocycles. The molecule has 0 spiro atoms. The van der Waals surface area contributed by atoms with Gasteiger partial charge in [0.1, 0.15) is 5.75 Å². The van der Waals surface area contributed by atoms with Gasteiger partial charge in [0.2, 0.25) is 0 Å². The Labute approximate surface area is 126 Å². The maximum absolute atomic E-state index is 12.4. The smallest absolute Gasteiger partial charge is 0.182 e. The Hall–Kier alpha value is -2.29. The highest BCUT2D eigenvalue weighted by Gasteiger charge is 2.26. The average Bonchev–Trinajstić information content (AvgIpc) is 2.48. The van der Waals surface area contributed by atoms with Gasteiger partial charge in [-0.1, -0.05) is 30.3 Å². The zero-order chi connectivity index (χ0) is 15.3. The van der Waals surface area contributed by atoms with Crippen LogP contribution in [-0.4, -0.2) is 23.6 Å². The molecule has 0 aromatic heterocycles. The van der Waals surface area contributed by atoms with Crippen molar-refractivity contribution in [3.63, 3.8) is 0 Å². The first-order valence-electron chi connectivity index (χ1n) is 7.00. The Balaban J connectivity index is 2.15. The van der Waals surface area contributed by atoms with Gasteiger partial charge in [-0.05, 0) is 29.8 Å². The fourth-order valence-electron chi connectivity index (χ4n) is 2.17. The van der Waals surface area contributed by atoms with Crippen LogP contribution in [0.3, 0.4) is 0 Å². The van der Waals surface area contributed by atoms with Crippen LogP contribution in [0.4, 0.5) is 0 Å². The number of rotatable bonds is 5. The van der Waals surface area contributed by atoms with E-state index in [1.54, 1.807) is 13.3 Å². The van der Waals surface area contributed by atoms with Gasteiger partial charge < -0.3 is 9.94 Å². The summed E-state index contributed by atoms with van der Waals surface area (Å²) in [7, 11) is 1.63. The molecule has 0 saturated heterocycles. The van der Waals surface area contributed by atoms with Crippen molar-refractivity contribution in [2.75, 3.05) is 7.11 Å². The van der Waals surface area contributed by atoms with E-state index in [1.165, 1.54) is 0 Å². The third-order valence-corrected chi connectivity index (χ3v) is 3.46. The summed E-state index contributed by atoms with van der Waals surface area (Å²) < 4.78 is 6.14. The van der Waals surface area contributed by atoms with Crippen LogP contribution in [0.15, 0.2) is 54.6 Å². The molecule has 0 aliphatic heterocycles. The molecular weight excluding hydrogens is 262 g/mol. The summed E-state index contributed by atoms with van der Waals surface area (Å²) in [5, 5.41) is 12.4. The predicted octanol–water partition coefficient (Wildman–Crippen LogP) is 3.65. The van der Waals surface area contributed by atoms with Crippen LogP contribution < -0.4 is 4.74 Å². The summed E-state index contributed by atoms with van der Waals surface area (Å²) in [5.74, 6) is 0.785. The summed E-state index contributed by atoms with van der Waals surface area (Å²) in [5.41, 5.74) is 1.53. The summed E-state index contributed by atoms with van der Waals surface area (Å²) in [6.07, 6.45) is 2.33. The highest BCUT2D eigenvalue weighted by molar-refractivity contribution is 5.76. The summed E-state index contributed by atoms with van der Waals surface area (Å²) in [4.78, 5) is 0. The molecule has 21 heavy (non-hydrogen) atoms. The van der Waals surface area contributed by atoms with Gasteiger partial charge in [0, 0.05) is 25.8 Å². The van der Waals surface area contributed by atoms with Crippen molar-refractivity contribution in [2.24, 2.45) is 0 Å². The highest BCUT2D eigenvalue weighted by atomic mass is 16.5. The van der Waals surface area contributed by atoms with Gasteiger partial charge in [-0.3, -0.25) is 0 Å². The number of ether oxygens (including phenoxy) is 1. The van der Waals surface area contributed by atoms with E-state index in [2.05, 4.69) is 0 Å². The first-order chi connectivity index (χ1) is 10.0. The largest absolute Gasteiger partial charge is 0.623 e. The lowest BCUT2D eigenvalue weighted by molar-refractivity contribution is -0.535. The average molecular weight is 283 g/mol. The van der Waals surface area contributed by atoms with E-state index in [-0.39, 0.29) is 0 Å². The Kier molecular flexibility index (Phi) is 4.63. The molecule has 0 aliphatic carbocycles. The second-order valence-electron chi connectivity index (χ2n) is 5.70. The fraction of sp³-hybridized carbons (Fsp3) is 0.278. The minimum Gasteiger partial charge on any atom is -0.623 e. The van der Waals surface area contributed by atoms with Crippen molar-refractivity contribution in [1.29, 1.82) is 0 Å². The number of hydrogen-bond donors (Lipinski definition) is 0. The van der Waals surface area contributed by atoms with Crippen LogP contribution in [0.2, 0.25) is 0 Å². The first kappa shape index (κ1) is 15.1. The maximum Gasteiger partial charge on any atom is 0.182 e. The number of hydrogen-bond acceptors (Lipinski definition) is 2. The van der Waals surface area contributed by atoms with Crippen molar-refractivity contribution in [1.82, 2.24) is 0 Å². The van der Waals surface area contributed by atoms with Gasteiger partial charge in [-0.25, -0.2) is 4.74 Å². The molecule has 3 nitrogen and oxygen atoms in total. The molecule has 0 unspecified atom stereocenters. The Morgan fingerprint density at radius 2 is 1.67 bits per heavy atom. The highest BCUT2D eigenvalue weighted by Crippen LogP contribution is 2.17. The zero-order valence-corrected chi connectivity index (χ0v) is 12.7. The molecule has 0 saturated carbocycles. The third kappa shape index (κ3) is 4.09. The molecule has 0 aliphatic rings. The lowest BCUT2D eigenvalue weighted by atomic mass is 9.95. The van der Waals surface area contributed by atoms with E-state index in [9.17, 15) is 5.21 Å². The Morgan fingerprint density at radius 1 is 1.05 bits per heavy atom. The van der Waals surface area contributed by atoms with Crippen LogP contribution in [-0.2, 0) is 6.42 Å².